The van der Waals surface area contributed by atoms with Crippen LogP contribution in [0.1, 0.15) is 5.56 Å². The number of amides is 4. The van der Waals surface area contributed by atoms with Crippen molar-refractivity contribution in [3.05, 3.63) is 29.8 Å². The molecule has 0 atom stereocenters. The number of likely N-dealkylation sites (tertiary alicyclic amines) is 1. The number of aryl methyl sites for hydroxylation is 1. The minimum Gasteiger partial charge on any atom is -0.439 e. The number of urea groups is 1. The molecular weight excluding hydrogens is 274 g/mol. The number of nitrogens with zero attached hydrogens (tertiary/aromatic N) is 2. The molecule has 0 radical (unpaired) electrons. The summed E-state index contributed by atoms with van der Waals surface area (Å²) in [5, 5.41) is 2.79. The Morgan fingerprint density at radius 2 is 2.10 bits per heavy atom. The Bertz CT molecular complexity index is 594. The van der Waals surface area contributed by atoms with Crippen molar-refractivity contribution < 1.29 is 19.1 Å². The van der Waals surface area contributed by atoms with E-state index in [1.54, 1.807) is 4.90 Å². The first-order chi connectivity index (χ1) is 10.0. The van der Waals surface area contributed by atoms with Gasteiger partial charge in [0.2, 0.25) is 0 Å². The molecule has 2 aliphatic heterocycles. The zero-order valence-corrected chi connectivity index (χ0v) is 11.5. The maximum Gasteiger partial charge on any atom is 0.417 e. The van der Waals surface area contributed by atoms with Crippen LogP contribution in [0.4, 0.5) is 15.3 Å². The number of hydrogen-bond donors (Lipinski definition) is 1. The SMILES string of the molecule is Cc1cccc(NC(=O)N2CC(N3C(=O)COC3=O)C2)c1. The number of nitrogens with one attached hydrogen (secondary N) is 1. The Morgan fingerprint density at radius 3 is 2.71 bits per heavy atom. The molecule has 3 rings (SSSR count). The van der Waals surface area contributed by atoms with Crippen LogP contribution in [0.25, 0.3) is 0 Å². The highest BCUT2D eigenvalue weighted by molar-refractivity contribution is 5.98. The van der Waals surface area contributed by atoms with E-state index in [4.69, 9.17) is 0 Å². The van der Waals surface area contributed by atoms with Crippen LogP contribution < -0.4 is 5.32 Å². The lowest BCUT2D eigenvalue weighted by atomic mass is 10.1. The standard InChI is InChI=1S/C14H15N3O4/c1-9-3-2-4-10(5-9)15-13(19)16-6-11(7-16)17-12(18)8-21-14(17)20/h2-5,11H,6-8H2,1H3,(H,15,19). The van der Waals surface area contributed by atoms with E-state index in [9.17, 15) is 14.4 Å². The predicted molar refractivity (Wildman–Crippen MR) is 73.8 cm³/mol. The third kappa shape index (κ3) is 2.54. The number of carbonyl (C=O) groups excluding carboxylic acids is 3. The van der Waals surface area contributed by atoms with Gasteiger partial charge in [0.1, 0.15) is 0 Å². The topological polar surface area (TPSA) is 79.0 Å². The number of hydrogen-bond acceptors (Lipinski definition) is 4. The van der Waals surface area contributed by atoms with E-state index in [2.05, 4.69) is 10.1 Å². The van der Waals surface area contributed by atoms with E-state index in [-0.39, 0.29) is 24.6 Å². The van der Waals surface area contributed by atoms with Gasteiger partial charge in [-0.15, -0.1) is 0 Å². The number of rotatable bonds is 2. The summed E-state index contributed by atoms with van der Waals surface area (Å²) in [5.74, 6) is -0.344. The monoisotopic (exact) mass is 289 g/mol. The van der Waals surface area contributed by atoms with Crippen molar-refractivity contribution in [3.63, 3.8) is 0 Å². The Labute approximate surface area is 121 Å². The van der Waals surface area contributed by atoms with Crippen LogP contribution in [0.2, 0.25) is 0 Å². The molecule has 0 aromatic heterocycles. The van der Waals surface area contributed by atoms with Gasteiger partial charge in [0.25, 0.3) is 5.91 Å². The second-order valence-electron chi connectivity index (χ2n) is 5.18. The lowest BCUT2D eigenvalue weighted by Gasteiger charge is -2.41. The van der Waals surface area contributed by atoms with Crippen molar-refractivity contribution in [2.75, 3.05) is 25.0 Å². The maximum absolute atomic E-state index is 12.0. The Hall–Kier alpha value is -2.57. The summed E-state index contributed by atoms with van der Waals surface area (Å²) >= 11 is 0. The normalized spacial score (nSPS) is 18.5. The number of cyclic esters (lactones) is 1. The van der Waals surface area contributed by atoms with E-state index in [1.165, 1.54) is 0 Å². The van der Waals surface area contributed by atoms with Crippen molar-refractivity contribution >= 4 is 23.7 Å². The minimum atomic E-state index is -0.622. The van der Waals surface area contributed by atoms with Gasteiger partial charge in [0.05, 0.1) is 6.04 Å². The largest absolute Gasteiger partial charge is 0.439 e. The molecule has 21 heavy (non-hydrogen) atoms. The quantitative estimate of drug-likeness (QED) is 0.887. The maximum atomic E-state index is 12.0. The number of anilines is 1. The summed E-state index contributed by atoms with van der Waals surface area (Å²) in [6.45, 7) is 2.40. The van der Waals surface area contributed by atoms with Crippen molar-refractivity contribution in [2.24, 2.45) is 0 Å². The number of benzene rings is 1. The number of imide groups is 1. The molecule has 2 fully saturated rings. The zero-order chi connectivity index (χ0) is 15.0. The van der Waals surface area contributed by atoms with E-state index < -0.39 is 6.09 Å². The van der Waals surface area contributed by atoms with Crippen molar-refractivity contribution in [1.29, 1.82) is 0 Å². The highest BCUT2D eigenvalue weighted by Crippen LogP contribution is 2.21. The molecule has 0 saturated carbocycles. The lowest BCUT2D eigenvalue weighted by molar-refractivity contribution is -0.129. The summed E-state index contributed by atoms with van der Waals surface area (Å²) in [7, 11) is 0. The fraction of sp³-hybridized carbons (Fsp3) is 0.357. The van der Waals surface area contributed by atoms with E-state index in [0.29, 0.717) is 13.1 Å². The second kappa shape index (κ2) is 5.08. The molecule has 0 spiro atoms. The number of ether oxygens (including phenoxy) is 1. The smallest absolute Gasteiger partial charge is 0.417 e. The Morgan fingerprint density at radius 1 is 1.33 bits per heavy atom. The fourth-order valence-electron chi connectivity index (χ4n) is 2.43. The van der Waals surface area contributed by atoms with Crippen LogP contribution in [-0.4, -0.2) is 53.6 Å². The first kappa shape index (κ1) is 13.4. The third-order valence-corrected chi connectivity index (χ3v) is 3.57. The molecular formula is C14H15N3O4. The molecule has 0 unspecified atom stereocenters. The minimum absolute atomic E-state index is 0.204. The van der Waals surface area contributed by atoms with Crippen LogP contribution in [0, 0.1) is 6.92 Å². The summed E-state index contributed by atoms with van der Waals surface area (Å²) in [4.78, 5) is 37.5. The summed E-state index contributed by atoms with van der Waals surface area (Å²) in [5.41, 5.74) is 1.78. The summed E-state index contributed by atoms with van der Waals surface area (Å²) in [6, 6.07) is 6.97. The fourth-order valence-corrected chi connectivity index (χ4v) is 2.43. The summed E-state index contributed by atoms with van der Waals surface area (Å²) in [6.07, 6.45) is -0.622. The van der Waals surface area contributed by atoms with Crippen molar-refractivity contribution in [3.8, 4) is 0 Å². The highest BCUT2D eigenvalue weighted by Gasteiger charge is 2.44. The average Bonchev–Trinajstić information content (AvgIpc) is 2.69. The molecule has 1 aromatic rings. The van der Waals surface area contributed by atoms with Crippen LogP contribution >= 0.6 is 0 Å². The molecule has 0 aliphatic carbocycles. The predicted octanol–water partition coefficient (Wildman–Crippen LogP) is 1.19. The molecule has 1 N–H and O–H groups in total. The van der Waals surface area contributed by atoms with E-state index >= 15 is 0 Å². The average molecular weight is 289 g/mol. The number of carbonyl (C=O) groups is 3. The van der Waals surface area contributed by atoms with Gasteiger partial charge in [0.15, 0.2) is 6.61 Å². The van der Waals surface area contributed by atoms with Gasteiger partial charge in [-0.3, -0.25) is 4.79 Å². The highest BCUT2D eigenvalue weighted by atomic mass is 16.6. The summed E-state index contributed by atoms with van der Waals surface area (Å²) < 4.78 is 4.66. The molecule has 1 aromatic carbocycles. The van der Waals surface area contributed by atoms with Gasteiger partial charge in [-0.1, -0.05) is 12.1 Å². The van der Waals surface area contributed by atoms with Gasteiger partial charge in [-0.05, 0) is 24.6 Å². The first-order valence-corrected chi connectivity index (χ1v) is 6.66. The third-order valence-electron chi connectivity index (χ3n) is 3.57. The Kier molecular flexibility index (Phi) is 3.25. The first-order valence-electron chi connectivity index (χ1n) is 6.66. The molecule has 0 bridgehead atoms. The molecule has 2 heterocycles. The van der Waals surface area contributed by atoms with Crippen molar-refractivity contribution in [2.45, 2.75) is 13.0 Å². The van der Waals surface area contributed by atoms with Gasteiger partial charge in [0, 0.05) is 18.8 Å². The molecule has 2 aliphatic rings. The van der Waals surface area contributed by atoms with Crippen LogP contribution in [0.3, 0.4) is 0 Å². The molecule has 2 saturated heterocycles. The Balaban J connectivity index is 1.55. The second-order valence-corrected chi connectivity index (χ2v) is 5.18. The van der Waals surface area contributed by atoms with Crippen molar-refractivity contribution in [1.82, 2.24) is 9.80 Å². The van der Waals surface area contributed by atoms with E-state index in [0.717, 1.165) is 16.2 Å². The van der Waals surface area contributed by atoms with Gasteiger partial charge in [-0.25, -0.2) is 14.5 Å². The molecule has 110 valence electrons. The van der Waals surface area contributed by atoms with Crippen LogP contribution in [0.15, 0.2) is 24.3 Å². The molecule has 7 heteroatoms. The lowest BCUT2D eigenvalue weighted by Crippen LogP contribution is -2.63. The van der Waals surface area contributed by atoms with Crippen LogP contribution in [-0.2, 0) is 9.53 Å². The van der Waals surface area contributed by atoms with Gasteiger partial charge < -0.3 is 15.0 Å². The zero-order valence-electron chi connectivity index (χ0n) is 11.5. The van der Waals surface area contributed by atoms with Crippen LogP contribution in [0.5, 0.6) is 0 Å². The van der Waals surface area contributed by atoms with E-state index in [1.807, 2.05) is 31.2 Å². The molecule has 7 nitrogen and oxygen atoms in total. The molecule has 4 amide bonds. The van der Waals surface area contributed by atoms with Gasteiger partial charge in [-0.2, -0.15) is 0 Å². The van der Waals surface area contributed by atoms with Gasteiger partial charge >= 0.3 is 12.1 Å².